The van der Waals surface area contributed by atoms with Crippen molar-refractivity contribution in [2.45, 2.75) is 44.8 Å². The van der Waals surface area contributed by atoms with Gasteiger partial charge in [-0.25, -0.2) is 13.6 Å². The minimum Gasteiger partial charge on any atom is -0.512 e. The highest BCUT2D eigenvalue weighted by molar-refractivity contribution is 6.35. The van der Waals surface area contributed by atoms with E-state index in [-0.39, 0.29) is 65.2 Å². The average Bonchev–Trinajstić information content (AvgIpc) is 3.71. The maximum Gasteiger partial charge on any atom is 0.337 e. The number of anilines is 1. The highest BCUT2D eigenvalue weighted by Gasteiger charge is 2.36. The molecule has 212 valence electrons. The predicted octanol–water partition coefficient (Wildman–Crippen LogP) is 6.77. The molecule has 0 spiro atoms. The van der Waals surface area contributed by atoms with Crippen molar-refractivity contribution in [3.63, 3.8) is 0 Å². The molecular weight excluding hydrogens is 540 g/mol. The lowest BCUT2D eigenvalue weighted by atomic mass is 9.93. The molecule has 2 aromatic carbocycles. The van der Waals surface area contributed by atoms with Gasteiger partial charge in [-0.05, 0) is 50.1 Å². The normalized spacial score (nSPS) is 17.6. The van der Waals surface area contributed by atoms with E-state index in [4.69, 9.17) is 21.7 Å². The summed E-state index contributed by atoms with van der Waals surface area (Å²) in [6.07, 6.45) is 3.60. The van der Waals surface area contributed by atoms with Crippen LogP contribution in [0.3, 0.4) is 0 Å². The Hall–Kier alpha value is -3.43. The predicted molar refractivity (Wildman–Crippen MR) is 151 cm³/mol. The molecule has 2 heterocycles. The second kappa shape index (κ2) is 11.2. The summed E-state index contributed by atoms with van der Waals surface area (Å²) in [6, 6.07) is 9.75. The number of carbonyl (C=O) groups is 1. The molecule has 0 bridgehead atoms. The summed E-state index contributed by atoms with van der Waals surface area (Å²) in [5, 5.41) is 29.5. The number of allylic oxidation sites excluding steroid dienone is 1. The third kappa shape index (κ3) is 5.58. The fourth-order valence-electron chi connectivity index (χ4n) is 5.32. The van der Waals surface area contributed by atoms with E-state index >= 15 is 4.39 Å². The van der Waals surface area contributed by atoms with Crippen LogP contribution in [-0.4, -0.2) is 58.4 Å². The Labute approximate surface area is 236 Å². The quantitative estimate of drug-likeness (QED) is 0.184. The Morgan fingerprint density at radius 3 is 2.55 bits per heavy atom. The number of piperidine rings is 1. The smallest absolute Gasteiger partial charge is 0.337 e. The topological polar surface area (TPSA) is 98.8 Å². The van der Waals surface area contributed by atoms with Gasteiger partial charge in [0.2, 0.25) is 0 Å². The molecule has 0 unspecified atom stereocenters. The van der Waals surface area contributed by atoms with E-state index in [9.17, 15) is 19.4 Å². The van der Waals surface area contributed by atoms with Crippen molar-refractivity contribution in [1.82, 2.24) is 4.57 Å². The van der Waals surface area contributed by atoms with E-state index in [0.29, 0.717) is 25.0 Å². The highest BCUT2D eigenvalue weighted by atomic mass is 35.5. The fraction of sp³-hybridized carbons (Fsp3) is 0.400. The van der Waals surface area contributed by atoms with E-state index < -0.39 is 17.5 Å². The van der Waals surface area contributed by atoms with E-state index in [1.807, 2.05) is 23.6 Å². The first kappa shape index (κ1) is 28.1. The molecule has 3 aromatic rings. The van der Waals surface area contributed by atoms with Crippen LogP contribution in [0.4, 0.5) is 14.5 Å². The number of rotatable bonds is 10. The molecule has 1 saturated carbocycles. The standard InChI is InChI=1S/C30H32ClF2N3O4/c1-2-35-15-21(29(38)39)20-9-8-19(14-25(20)35)36-12-10-30(33,11-13-36)17-40-16-22(28(37)18-6-7-18)27(34)26-23(31)4-3-5-24(26)32/h3-5,8-9,14-15,18,34,37H,2,6-7,10-13,16-17H2,1H3,(H,38,39)/b28-22-,34-27?. The number of hydrogen-bond acceptors (Lipinski definition) is 5. The lowest BCUT2D eigenvalue weighted by Gasteiger charge is -2.37. The number of carboxylic acids is 1. The SMILES string of the molecule is CCn1cc(C(=O)O)c2ccc(N3CCC(F)(COC/C(C(=N)c4c(F)cccc4Cl)=C(/O)C4CC4)CC3)cc21. The highest BCUT2D eigenvalue weighted by Crippen LogP contribution is 2.38. The number of aliphatic hydroxyl groups excluding tert-OH is 1. The maximum absolute atomic E-state index is 15.8. The monoisotopic (exact) mass is 571 g/mol. The summed E-state index contributed by atoms with van der Waals surface area (Å²) in [5.41, 5.74) is 0.143. The zero-order valence-corrected chi connectivity index (χ0v) is 23.0. The molecule has 1 saturated heterocycles. The third-order valence-corrected chi connectivity index (χ3v) is 8.17. The van der Waals surface area contributed by atoms with Gasteiger partial charge < -0.3 is 24.4 Å². The van der Waals surface area contributed by atoms with Crippen LogP contribution >= 0.6 is 11.6 Å². The number of nitrogens with zero attached hydrogens (tertiary/aromatic N) is 2. The molecule has 0 atom stereocenters. The van der Waals surface area contributed by atoms with Gasteiger partial charge in [-0.2, -0.15) is 0 Å². The number of benzene rings is 2. The molecule has 3 N–H and O–H groups in total. The Bertz CT molecular complexity index is 1470. The third-order valence-electron chi connectivity index (χ3n) is 7.86. The molecule has 0 radical (unpaired) electrons. The number of aliphatic hydroxyl groups is 1. The minimum atomic E-state index is -1.60. The van der Waals surface area contributed by atoms with E-state index in [1.54, 1.807) is 12.3 Å². The van der Waals surface area contributed by atoms with Crippen LogP contribution in [0.1, 0.15) is 48.5 Å². The average molecular weight is 572 g/mol. The minimum absolute atomic E-state index is 0.0228. The number of aromatic carboxylic acids is 1. The lowest BCUT2D eigenvalue weighted by molar-refractivity contribution is 0.00816. The Morgan fingerprint density at radius 2 is 1.93 bits per heavy atom. The number of fused-ring (bicyclic) bond motifs is 1. The molecule has 7 nitrogen and oxygen atoms in total. The summed E-state index contributed by atoms with van der Waals surface area (Å²) in [7, 11) is 0. The van der Waals surface area contributed by atoms with Crippen molar-refractivity contribution < 1.29 is 28.5 Å². The summed E-state index contributed by atoms with van der Waals surface area (Å²) < 4.78 is 37.9. The number of aryl methyl sites for hydroxylation is 1. The molecule has 5 rings (SSSR count). The number of ether oxygens (including phenoxy) is 1. The first-order valence-corrected chi connectivity index (χ1v) is 13.8. The van der Waals surface area contributed by atoms with Gasteiger partial charge in [0.05, 0.1) is 40.6 Å². The molecule has 40 heavy (non-hydrogen) atoms. The summed E-state index contributed by atoms with van der Waals surface area (Å²) in [6.45, 7) is 3.03. The molecule has 0 amide bonds. The zero-order valence-electron chi connectivity index (χ0n) is 22.2. The second-order valence-corrected chi connectivity index (χ2v) is 11.0. The van der Waals surface area contributed by atoms with Crippen molar-refractivity contribution in [2.75, 3.05) is 31.2 Å². The number of nitrogens with one attached hydrogen (secondary N) is 1. The summed E-state index contributed by atoms with van der Waals surface area (Å²) >= 11 is 6.16. The van der Waals surface area contributed by atoms with Crippen molar-refractivity contribution in [1.29, 1.82) is 5.41 Å². The van der Waals surface area contributed by atoms with Crippen molar-refractivity contribution in [3.8, 4) is 0 Å². The van der Waals surface area contributed by atoms with E-state index in [2.05, 4.69) is 4.90 Å². The zero-order chi connectivity index (χ0) is 28.6. The molecule has 1 aromatic heterocycles. The molecule has 2 aliphatic rings. The van der Waals surface area contributed by atoms with Gasteiger partial charge in [0, 0.05) is 61.2 Å². The molecule has 2 fully saturated rings. The Morgan fingerprint density at radius 1 is 1.20 bits per heavy atom. The summed E-state index contributed by atoms with van der Waals surface area (Å²) in [5.74, 6) is -1.77. The number of carboxylic acid groups (broad SMARTS) is 1. The van der Waals surface area contributed by atoms with Crippen LogP contribution in [-0.2, 0) is 11.3 Å². The van der Waals surface area contributed by atoms with E-state index in [1.165, 1.54) is 18.2 Å². The van der Waals surface area contributed by atoms with Crippen LogP contribution in [0, 0.1) is 17.1 Å². The first-order valence-electron chi connectivity index (χ1n) is 13.4. The van der Waals surface area contributed by atoms with Gasteiger partial charge in [-0.1, -0.05) is 17.7 Å². The number of aromatic nitrogens is 1. The van der Waals surface area contributed by atoms with Gasteiger partial charge >= 0.3 is 5.97 Å². The molecule has 1 aliphatic heterocycles. The number of halogens is 3. The molecular formula is C30H32ClF2N3O4. The lowest BCUT2D eigenvalue weighted by Crippen LogP contribution is -2.44. The fourth-order valence-corrected chi connectivity index (χ4v) is 5.58. The van der Waals surface area contributed by atoms with Crippen LogP contribution in [0.2, 0.25) is 5.02 Å². The van der Waals surface area contributed by atoms with Gasteiger partial charge in [0.25, 0.3) is 0 Å². The number of hydrogen-bond donors (Lipinski definition) is 3. The second-order valence-electron chi connectivity index (χ2n) is 10.6. The van der Waals surface area contributed by atoms with Gasteiger partial charge in [0.1, 0.15) is 17.2 Å². The van der Waals surface area contributed by atoms with Crippen molar-refractivity contribution >= 4 is 39.9 Å². The Balaban J connectivity index is 1.24. The van der Waals surface area contributed by atoms with E-state index in [0.717, 1.165) is 24.0 Å². The Kier molecular flexibility index (Phi) is 7.88. The number of alkyl halides is 1. The van der Waals surface area contributed by atoms with Crippen LogP contribution in [0.5, 0.6) is 0 Å². The maximum atomic E-state index is 15.8. The van der Waals surface area contributed by atoms with Crippen molar-refractivity contribution in [3.05, 3.63) is 75.9 Å². The van der Waals surface area contributed by atoms with Crippen LogP contribution < -0.4 is 4.90 Å². The van der Waals surface area contributed by atoms with Gasteiger partial charge in [-0.15, -0.1) is 0 Å². The summed E-state index contributed by atoms with van der Waals surface area (Å²) in [4.78, 5) is 13.7. The molecule has 1 aliphatic carbocycles. The van der Waals surface area contributed by atoms with Crippen molar-refractivity contribution in [2.24, 2.45) is 5.92 Å². The molecule has 10 heteroatoms. The van der Waals surface area contributed by atoms with Crippen LogP contribution in [0.25, 0.3) is 10.9 Å². The van der Waals surface area contributed by atoms with Gasteiger partial charge in [-0.3, -0.25) is 5.41 Å². The first-order chi connectivity index (χ1) is 19.1. The largest absolute Gasteiger partial charge is 0.512 e. The van der Waals surface area contributed by atoms with Gasteiger partial charge in [0.15, 0.2) is 0 Å². The van der Waals surface area contributed by atoms with Crippen LogP contribution in [0.15, 0.2) is 53.9 Å².